The molecule has 1 aliphatic rings. The molecule has 0 aromatic carbocycles. The molecule has 4 rings (SSSR count). The molecule has 0 unspecified atom stereocenters. The highest BCUT2D eigenvalue weighted by Crippen LogP contribution is 2.31. The van der Waals surface area contributed by atoms with Gasteiger partial charge in [-0.3, -0.25) is 14.3 Å². The van der Waals surface area contributed by atoms with Crippen molar-refractivity contribution in [2.45, 2.75) is 32.5 Å². The van der Waals surface area contributed by atoms with Crippen LogP contribution in [0.5, 0.6) is 0 Å². The molecule has 0 N–H and O–H groups in total. The van der Waals surface area contributed by atoms with Gasteiger partial charge in [-0.1, -0.05) is 0 Å². The number of rotatable bonds is 4. The van der Waals surface area contributed by atoms with Gasteiger partial charge in [0.15, 0.2) is 11.4 Å². The minimum Gasteiger partial charge on any atom is -0.341 e. The summed E-state index contributed by atoms with van der Waals surface area (Å²) in [7, 11) is 0. The number of hydrogen-bond acceptors (Lipinski definition) is 5. The van der Waals surface area contributed by atoms with Gasteiger partial charge in [-0.05, 0) is 31.9 Å². The molecule has 0 saturated carbocycles. The average Bonchev–Trinajstić information content (AvgIpc) is 3.36. The first kappa shape index (κ1) is 20.0. The lowest BCUT2D eigenvalue weighted by Crippen LogP contribution is -2.41. The fourth-order valence-corrected chi connectivity index (χ4v) is 3.70. The van der Waals surface area contributed by atoms with Gasteiger partial charge in [0.2, 0.25) is 5.91 Å². The van der Waals surface area contributed by atoms with Crippen molar-refractivity contribution in [1.82, 2.24) is 29.3 Å². The van der Waals surface area contributed by atoms with Crippen LogP contribution < -0.4 is 0 Å². The fraction of sp³-hybridized carbons (Fsp3) is 0.421. The largest absolute Gasteiger partial charge is 0.433 e. The molecule has 3 aromatic rings. The highest BCUT2D eigenvalue weighted by Gasteiger charge is 2.36. The van der Waals surface area contributed by atoms with Gasteiger partial charge in [0.1, 0.15) is 12.2 Å². The number of fused-ring (bicyclic) bond motifs is 1. The van der Waals surface area contributed by atoms with Crippen molar-refractivity contribution in [3.8, 4) is 0 Å². The predicted octanol–water partition coefficient (Wildman–Crippen LogP) is 2.37. The molecule has 8 nitrogen and oxygen atoms in total. The number of aromatic nitrogens is 5. The number of hydrogen-bond donors (Lipinski definition) is 0. The number of alkyl halides is 3. The number of Topliss-reactive ketones (excluding diaryl/α,β-unsaturated/α-hetero) is 1. The molecule has 0 atom stereocenters. The fourth-order valence-electron chi connectivity index (χ4n) is 3.70. The SMILES string of the molecule is Cc1cc(C(F)(F)F)n2ncc(C(=O)C3CCN(C(=O)Cn4cccn4)CC3)c2n1. The van der Waals surface area contributed by atoms with Crippen LogP contribution in [0.25, 0.3) is 5.65 Å². The summed E-state index contributed by atoms with van der Waals surface area (Å²) in [6.07, 6.45) is 0.684. The molecule has 0 aliphatic carbocycles. The van der Waals surface area contributed by atoms with Crippen molar-refractivity contribution in [1.29, 1.82) is 0 Å². The first-order chi connectivity index (χ1) is 14.2. The Kier molecular flexibility index (Phi) is 5.04. The Morgan fingerprint density at radius 1 is 1.20 bits per heavy atom. The number of aryl methyl sites for hydroxylation is 1. The topological polar surface area (TPSA) is 85.4 Å². The van der Waals surface area contributed by atoms with Crippen LogP contribution in [-0.4, -0.2) is 54.1 Å². The lowest BCUT2D eigenvalue weighted by atomic mass is 9.89. The van der Waals surface area contributed by atoms with Crippen molar-refractivity contribution >= 4 is 17.3 Å². The second kappa shape index (κ2) is 7.54. The van der Waals surface area contributed by atoms with Crippen LogP contribution in [0, 0.1) is 12.8 Å². The summed E-state index contributed by atoms with van der Waals surface area (Å²) in [6.45, 7) is 2.37. The summed E-state index contributed by atoms with van der Waals surface area (Å²) < 4.78 is 42.1. The van der Waals surface area contributed by atoms with E-state index in [0.717, 1.165) is 12.3 Å². The molecule has 0 bridgehead atoms. The maximum absolute atomic E-state index is 13.3. The molecular formula is C19H19F3N6O2. The van der Waals surface area contributed by atoms with Gasteiger partial charge in [-0.15, -0.1) is 0 Å². The van der Waals surface area contributed by atoms with E-state index in [1.54, 1.807) is 23.4 Å². The molecule has 30 heavy (non-hydrogen) atoms. The summed E-state index contributed by atoms with van der Waals surface area (Å²) in [5.74, 6) is -0.786. The van der Waals surface area contributed by atoms with Crippen molar-refractivity contribution in [3.05, 3.63) is 47.7 Å². The van der Waals surface area contributed by atoms with Gasteiger partial charge in [0, 0.05) is 37.1 Å². The van der Waals surface area contributed by atoms with E-state index in [4.69, 9.17) is 0 Å². The van der Waals surface area contributed by atoms with Crippen LogP contribution in [0.3, 0.4) is 0 Å². The predicted molar refractivity (Wildman–Crippen MR) is 98.6 cm³/mol. The highest BCUT2D eigenvalue weighted by molar-refractivity contribution is 6.02. The molecular weight excluding hydrogens is 401 g/mol. The molecule has 1 fully saturated rings. The van der Waals surface area contributed by atoms with Gasteiger partial charge < -0.3 is 4.90 Å². The molecule has 0 spiro atoms. The van der Waals surface area contributed by atoms with Crippen LogP contribution in [0.2, 0.25) is 0 Å². The maximum Gasteiger partial charge on any atom is 0.433 e. The maximum atomic E-state index is 13.3. The van der Waals surface area contributed by atoms with E-state index >= 15 is 0 Å². The van der Waals surface area contributed by atoms with E-state index in [1.165, 1.54) is 11.6 Å². The number of ketones is 1. The molecule has 1 aliphatic heterocycles. The zero-order valence-electron chi connectivity index (χ0n) is 16.1. The monoisotopic (exact) mass is 420 g/mol. The lowest BCUT2D eigenvalue weighted by molar-refractivity contribution is -0.142. The van der Waals surface area contributed by atoms with E-state index < -0.39 is 17.8 Å². The van der Waals surface area contributed by atoms with Gasteiger partial charge >= 0.3 is 6.18 Å². The second-order valence-corrected chi connectivity index (χ2v) is 7.30. The number of likely N-dealkylation sites (tertiary alicyclic amines) is 1. The van der Waals surface area contributed by atoms with Crippen LogP contribution >= 0.6 is 0 Å². The van der Waals surface area contributed by atoms with E-state index in [9.17, 15) is 22.8 Å². The number of halogens is 3. The zero-order chi connectivity index (χ0) is 21.5. The Bertz CT molecular complexity index is 1080. The molecule has 1 amide bonds. The summed E-state index contributed by atoms with van der Waals surface area (Å²) in [5.41, 5.74) is -0.832. The third-order valence-corrected chi connectivity index (χ3v) is 5.23. The van der Waals surface area contributed by atoms with E-state index in [0.29, 0.717) is 30.4 Å². The number of amides is 1. The lowest BCUT2D eigenvalue weighted by Gasteiger charge is -2.31. The minimum atomic E-state index is -4.61. The van der Waals surface area contributed by atoms with Gasteiger partial charge in [-0.2, -0.15) is 23.4 Å². The van der Waals surface area contributed by atoms with Crippen molar-refractivity contribution in [2.24, 2.45) is 5.92 Å². The molecule has 158 valence electrons. The second-order valence-electron chi connectivity index (χ2n) is 7.30. The van der Waals surface area contributed by atoms with E-state index in [1.807, 2.05) is 0 Å². The molecule has 1 saturated heterocycles. The number of carbonyl (C=O) groups is 2. The average molecular weight is 420 g/mol. The first-order valence-electron chi connectivity index (χ1n) is 9.46. The van der Waals surface area contributed by atoms with Crippen molar-refractivity contribution in [2.75, 3.05) is 13.1 Å². The molecule has 3 aromatic heterocycles. The highest BCUT2D eigenvalue weighted by atomic mass is 19.4. The smallest absolute Gasteiger partial charge is 0.341 e. The van der Waals surface area contributed by atoms with Gasteiger partial charge in [0.25, 0.3) is 0 Å². The van der Waals surface area contributed by atoms with E-state index in [-0.39, 0.29) is 35.1 Å². The quantitative estimate of drug-likeness (QED) is 0.605. The van der Waals surface area contributed by atoms with E-state index in [2.05, 4.69) is 15.2 Å². The Morgan fingerprint density at radius 3 is 2.57 bits per heavy atom. The molecule has 0 radical (unpaired) electrons. The third-order valence-electron chi connectivity index (χ3n) is 5.23. The first-order valence-corrected chi connectivity index (χ1v) is 9.46. The summed E-state index contributed by atoms with van der Waals surface area (Å²) in [4.78, 5) is 31.1. The van der Waals surface area contributed by atoms with Gasteiger partial charge in [0.05, 0.1) is 11.8 Å². The Labute approximate surface area is 169 Å². The minimum absolute atomic E-state index is 0.0746. The zero-order valence-corrected chi connectivity index (χ0v) is 16.1. The molecule has 4 heterocycles. The summed E-state index contributed by atoms with van der Waals surface area (Å²) >= 11 is 0. The Morgan fingerprint density at radius 2 is 1.93 bits per heavy atom. The summed E-state index contributed by atoms with van der Waals surface area (Å²) in [5, 5.41) is 7.77. The van der Waals surface area contributed by atoms with Crippen LogP contribution in [0.1, 0.15) is 34.6 Å². The van der Waals surface area contributed by atoms with Crippen LogP contribution in [0.15, 0.2) is 30.7 Å². The normalized spacial score (nSPS) is 15.7. The number of carbonyl (C=O) groups excluding carboxylic acids is 2. The Balaban J connectivity index is 1.49. The van der Waals surface area contributed by atoms with Crippen LogP contribution in [-0.2, 0) is 17.5 Å². The third kappa shape index (κ3) is 3.79. The van der Waals surface area contributed by atoms with Crippen molar-refractivity contribution < 1.29 is 22.8 Å². The van der Waals surface area contributed by atoms with Crippen molar-refractivity contribution in [3.63, 3.8) is 0 Å². The molecule has 11 heteroatoms. The summed E-state index contributed by atoms with van der Waals surface area (Å²) in [6, 6.07) is 2.63. The number of nitrogens with zero attached hydrogens (tertiary/aromatic N) is 6. The van der Waals surface area contributed by atoms with Crippen LogP contribution in [0.4, 0.5) is 13.2 Å². The standard InChI is InChI=1S/C19H19F3N6O2/c1-12-9-15(19(20,21)22)28-18(25-12)14(10-24-28)17(30)13-3-7-26(8-4-13)16(29)11-27-6-2-5-23-27/h2,5-6,9-10,13H,3-4,7-8,11H2,1H3. The number of piperidine rings is 1. The Hall–Kier alpha value is -3.24. The van der Waals surface area contributed by atoms with Gasteiger partial charge in [-0.25, -0.2) is 9.50 Å².